The smallest absolute Gasteiger partial charge is 0.00434 e. The molecule has 0 aromatic heterocycles. The predicted octanol–water partition coefficient (Wildman–Crippen LogP) is 3.14. The van der Waals surface area contributed by atoms with Gasteiger partial charge >= 0.3 is 0 Å². The van der Waals surface area contributed by atoms with Crippen molar-refractivity contribution in [3.8, 4) is 0 Å². The Kier molecular flexibility index (Phi) is 5.34. The van der Waals surface area contributed by atoms with Crippen molar-refractivity contribution in [1.29, 1.82) is 0 Å². The van der Waals surface area contributed by atoms with E-state index in [9.17, 15) is 0 Å². The number of hydrogen-bond donors (Lipinski definition) is 0. The highest BCUT2D eigenvalue weighted by molar-refractivity contribution is 9.09. The topological polar surface area (TPSA) is 3.24 Å². The van der Waals surface area contributed by atoms with Gasteiger partial charge in [0, 0.05) is 5.33 Å². The van der Waals surface area contributed by atoms with Crippen LogP contribution in [0.15, 0.2) is 0 Å². The minimum Gasteiger partial charge on any atom is -0.303 e. The van der Waals surface area contributed by atoms with Gasteiger partial charge in [-0.2, -0.15) is 0 Å². The maximum atomic E-state index is 3.48. The summed E-state index contributed by atoms with van der Waals surface area (Å²) in [4.78, 5) is 2.61. The van der Waals surface area contributed by atoms with Crippen LogP contribution in [0.2, 0.25) is 0 Å². The van der Waals surface area contributed by atoms with E-state index in [4.69, 9.17) is 0 Å². The molecule has 0 unspecified atom stereocenters. The van der Waals surface area contributed by atoms with Crippen LogP contribution in [0.5, 0.6) is 0 Å². The van der Waals surface area contributed by atoms with E-state index in [0.717, 1.165) is 17.2 Å². The third-order valence-electron chi connectivity index (χ3n) is 3.18. The number of halogens is 1. The molecule has 0 bridgehead atoms. The Morgan fingerprint density at radius 2 is 1.92 bits per heavy atom. The largest absolute Gasteiger partial charge is 0.303 e. The second-order valence-corrected chi connectivity index (χ2v) is 5.26. The van der Waals surface area contributed by atoms with Gasteiger partial charge in [-0.25, -0.2) is 0 Å². The second kappa shape index (κ2) is 6.02. The molecular weight excluding hydrogens is 226 g/mol. The normalized spacial score (nSPS) is 21.2. The zero-order valence-corrected chi connectivity index (χ0v) is 10.5. The molecule has 0 atom stereocenters. The third-order valence-corrected chi connectivity index (χ3v) is 3.74. The fourth-order valence-electron chi connectivity index (χ4n) is 2.13. The van der Waals surface area contributed by atoms with Crippen LogP contribution in [0.25, 0.3) is 0 Å². The monoisotopic (exact) mass is 247 g/mol. The van der Waals surface area contributed by atoms with Crippen molar-refractivity contribution in [1.82, 2.24) is 4.90 Å². The molecule has 1 nitrogen and oxygen atoms in total. The minimum atomic E-state index is 0.887. The number of rotatable bonds is 4. The van der Waals surface area contributed by atoms with Crippen LogP contribution in [0.1, 0.15) is 33.1 Å². The van der Waals surface area contributed by atoms with Crippen molar-refractivity contribution in [2.24, 2.45) is 11.8 Å². The molecular formula is C11H22BrN. The van der Waals surface area contributed by atoms with Gasteiger partial charge in [0.15, 0.2) is 0 Å². The summed E-state index contributed by atoms with van der Waals surface area (Å²) >= 11 is 3.48. The highest BCUT2D eigenvalue weighted by atomic mass is 79.9. The Morgan fingerprint density at radius 3 is 2.38 bits per heavy atom. The minimum absolute atomic E-state index is 0.887. The fourth-order valence-corrected chi connectivity index (χ4v) is 2.38. The van der Waals surface area contributed by atoms with Gasteiger partial charge in [0.25, 0.3) is 0 Å². The molecule has 1 heterocycles. The van der Waals surface area contributed by atoms with E-state index in [2.05, 4.69) is 34.7 Å². The number of piperidine rings is 1. The van der Waals surface area contributed by atoms with Gasteiger partial charge in [-0.05, 0) is 50.7 Å². The van der Waals surface area contributed by atoms with E-state index >= 15 is 0 Å². The molecule has 1 rings (SSSR count). The summed E-state index contributed by atoms with van der Waals surface area (Å²) in [6.45, 7) is 8.67. The van der Waals surface area contributed by atoms with Crippen molar-refractivity contribution < 1.29 is 0 Å². The molecule has 1 saturated heterocycles. The van der Waals surface area contributed by atoms with Gasteiger partial charge in [0.1, 0.15) is 0 Å². The van der Waals surface area contributed by atoms with E-state index in [-0.39, 0.29) is 0 Å². The summed E-state index contributed by atoms with van der Waals surface area (Å²) in [7, 11) is 0. The molecule has 0 amide bonds. The maximum absolute atomic E-state index is 3.48. The lowest BCUT2D eigenvalue weighted by atomic mass is 9.87. The first-order valence-electron chi connectivity index (χ1n) is 5.52. The molecule has 0 aliphatic carbocycles. The van der Waals surface area contributed by atoms with Crippen LogP contribution in [-0.4, -0.2) is 29.9 Å². The molecule has 1 aliphatic rings. The molecule has 0 saturated carbocycles. The quantitative estimate of drug-likeness (QED) is 0.691. The van der Waals surface area contributed by atoms with E-state index in [1.165, 1.54) is 38.9 Å². The Morgan fingerprint density at radius 1 is 1.31 bits per heavy atom. The number of hydrogen-bond acceptors (Lipinski definition) is 1. The van der Waals surface area contributed by atoms with E-state index in [1.807, 2.05) is 0 Å². The molecule has 13 heavy (non-hydrogen) atoms. The molecule has 0 aromatic carbocycles. The SMILES string of the molecule is CC(C)C1CCN(CCCBr)CC1. The highest BCUT2D eigenvalue weighted by Crippen LogP contribution is 2.24. The standard InChI is InChI=1S/C11H22BrN/c1-10(2)11-4-8-13(9-5-11)7-3-6-12/h10-11H,3-9H2,1-2H3. The third kappa shape index (κ3) is 3.99. The summed E-state index contributed by atoms with van der Waals surface area (Å²) in [6, 6.07) is 0. The van der Waals surface area contributed by atoms with Crippen molar-refractivity contribution in [3.63, 3.8) is 0 Å². The average molecular weight is 248 g/mol. The van der Waals surface area contributed by atoms with Crippen LogP contribution < -0.4 is 0 Å². The molecule has 1 aliphatic heterocycles. The zero-order chi connectivity index (χ0) is 9.68. The van der Waals surface area contributed by atoms with Crippen LogP contribution in [0, 0.1) is 11.8 Å². The van der Waals surface area contributed by atoms with Gasteiger partial charge in [0.2, 0.25) is 0 Å². The lowest BCUT2D eigenvalue weighted by molar-refractivity contribution is 0.158. The van der Waals surface area contributed by atoms with Crippen molar-refractivity contribution >= 4 is 15.9 Å². The first-order chi connectivity index (χ1) is 6.24. The average Bonchev–Trinajstić information content (AvgIpc) is 2.15. The first-order valence-corrected chi connectivity index (χ1v) is 6.64. The van der Waals surface area contributed by atoms with Crippen LogP contribution in [0.3, 0.4) is 0 Å². The van der Waals surface area contributed by atoms with E-state index in [1.54, 1.807) is 0 Å². The number of nitrogens with zero attached hydrogens (tertiary/aromatic N) is 1. The van der Waals surface area contributed by atoms with Crippen molar-refractivity contribution in [3.05, 3.63) is 0 Å². The molecule has 78 valence electrons. The van der Waals surface area contributed by atoms with Gasteiger partial charge in [-0.3, -0.25) is 0 Å². The lowest BCUT2D eigenvalue weighted by Gasteiger charge is -2.33. The van der Waals surface area contributed by atoms with Crippen molar-refractivity contribution in [2.45, 2.75) is 33.1 Å². The van der Waals surface area contributed by atoms with E-state index < -0.39 is 0 Å². The van der Waals surface area contributed by atoms with Crippen molar-refractivity contribution in [2.75, 3.05) is 25.0 Å². The zero-order valence-electron chi connectivity index (χ0n) is 8.93. The van der Waals surface area contributed by atoms with E-state index in [0.29, 0.717) is 0 Å². The van der Waals surface area contributed by atoms with Gasteiger partial charge in [-0.1, -0.05) is 29.8 Å². The molecule has 0 radical (unpaired) electrons. The van der Waals surface area contributed by atoms with Gasteiger partial charge in [0.05, 0.1) is 0 Å². The summed E-state index contributed by atoms with van der Waals surface area (Å²) in [5.41, 5.74) is 0. The summed E-state index contributed by atoms with van der Waals surface area (Å²) in [5, 5.41) is 1.15. The van der Waals surface area contributed by atoms with Crippen LogP contribution >= 0.6 is 15.9 Å². The fraction of sp³-hybridized carbons (Fsp3) is 1.00. The lowest BCUT2D eigenvalue weighted by Crippen LogP contribution is -2.35. The molecule has 1 fully saturated rings. The Balaban J connectivity index is 2.15. The first kappa shape index (κ1) is 11.5. The summed E-state index contributed by atoms with van der Waals surface area (Å²) < 4.78 is 0. The van der Waals surface area contributed by atoms with Gasteiger partial charge < -0.3 is 4.90 Å². The van der Waals surface area contributed by atoms with Gasteiger partial charge in [-0.15, -0.1) is 0 Å². The molecule has 0 N–H and O–H groups in total. The highest BCUT2D eigenvalue weighted by Gasteiger charge is 2.20. The molecule has 0 spiro atoms. The second-order valence-electron chi connectivity index (χ2n) is 4.47. The number of alkyl halides is 1. The molecule has 2 heteroatoms. The Hall–Kier alpha value is 0.440. The maximum Gasteiger partial charge on any atom is 0.00434 e. The predicted molar refractivity (Wildman–Crippen MR) is 62.4 cm³/mol. The van der Waals surface area contributed by atoms with Crippen LogP contribution in [-0.2, 0) is 0 Å². The summed E-state index contributed by atoms with van der Waals surface area (Å²) in [6.07, 6.45) is 4.13. The molecule has 0 aromatic rings. The Bertz CT molecular complexity index is 128. The summed E-state index contributed by atoms with van der Waals surface area (Å²) in [5.74, 6) is 1.87. The number of likely N-dealkylation sites (tertiary alicyclic amines) is 1. The Labute approximate surface area is 91.0 Å². The van der Waals surface area contributed by atoms with Crippen LogP contribution in [0.4, 0.5) is 0 Å².